The predicted molar refractivity (Wildman–Crippen MR) is 103 cm³/mol. The van der Waals surface area contributed by atoms with Crippen LogP contribution in [0.4, 0.5) is 17.1 Å². The van der Waals surface area contributed by atoms with Gasteiger partial charge in [-0.15, -0.1) is 0 Å². The second kappa shape index (κ2) is 8.45. The van der Waals surface area contributed by atoms with Crippen LogP contribution in [-0.2, 0) is 9.59 Å². The van der Waals surface area contributed by atoms with Crippen molar-refractivity contribution in [1.82, 2.24) is 0 Å². The van der Waals surface area contributed by atoms with Crippen LogP contribution in [0.2, 0.25) is 0 Å². The lowest BCUT2D eigenvalue weighted by Gasteiger charge is -2.17. The summed E-state index contributed by atoms with van der Waals surface area (Å²) in [4.78, 5) is 36.8. The molecule has 7 heteroatoms. The number of carbonyl (C=O) groups excluding carboxylic acids is 3. The molecule has 0 bridgehead atoms. The van der Waals surface area contributed by atoms with Crippen molar-refractivity contribution in [3.8, 4) is 6.07 Å². The van der Waals surface area contributed by atoms with E-state index in [4.69, 9.17) is 5.73 Å². The van der Waals surface area contributed by atoms with E-state index in [1.165, 1.54) is 18.7 Å². The highest BCUT2D eigenvalue weighted by Gasteiger charge is 2.16. The monoisotopic (exact) mass is 362 g/mol. The van der Waals surface area contributed by atoms with Crippen molar-refractivity contribution in [2.75, 3.05) is 16.0 Å². The van der Waals surface area contributed by atoms with Crippen molar-refractivity contribution in [2.45, 2.75) is 13.8 Å². The van der Waals surface area contributed by atoms with Crippen molar-refractivity contribution in [2.24, 2.45) is 0 Å². The summed E-state index contributed by atoms with van der Waals surface area (Å²) in [6.07, 6.45) is 1.16. The normalized spacial score (nSPS) is 10.6. The number of benzene rings is 2. The first kappa shape index (κ1) is 19.4. The lowest BCUT2D eigenvalue weighted by atomic mass is 10.1. The maximum absolute atomic E-state index is 12.4. The van der Waals surface area contributed by atoms with Crippen LogP contribution in [0.15, 0.2) is 60.3 Å². The molecule has 136 valence electrons. The molecule has 0 fully saturated rings. The molecule has 0 heterocycles. The Morgan fingerprint density at radius 3 is 2.30 bits per heavy atom. The Kier molecular flexibility index (Phi) is 6.07. The van der Waals surface area contributed by atoms with Gasteiger partial charge < -0.3 is 11.1 Å². The highest BCUT2D eigenvalue weighted by Crippen LogP contribution is 2.19. The first-order valence-electron chi connectivity index (χ1n) is 8.01. The molecule has 0 radical (unpaired) electrons. The molecule has 0 aliphatic rings. The summed E-state index contributed by atoms with van der Waals surface area (Å²) in [5.74, 6) is -1.15. The minimum absolute atomic E-state index is 0.0929. The molecular weight excluding hydrogens is 344 g/mol. The Hall–Kier alpha value is -3.92. The molecule has 0 saturated carbocycles. The number of nitrogens with two attached hydrogens (primary N) is 1. The molecule has 0 aliphatic heterocycles. The zero-order valence-electron chi connectivity index (χ0n) is 14.9. The Bertz CT molecular complexity index is 956. The fraction of sp³-hybridized carbons (Fsp3) is 0.100. The summed E-state index contributed by atoms with van der Waals surface area (Å²) in [7, 11) is 0. The van der Waals surface area contributed by atoms with Crippen molar-refractivity contribution < 1.29 is 14.4 Å². The van der Waals surface area contributed by atoms with Crippen molar-refractivity contribution >= 4 is 34.7 Å². The zero-order chi connectivity index (χ0) is 20.0. The fourth-order valence-electron chi connectivity index (χ4n) is 2.28. The summed E-state index contributed by atoms with van der Waals surface area (Å²) >= 11 is 0. The van der Waals surface area contributed by atoms with Gasteiger partial charge in [-0.05, 0) is 49.4 Å². The largest absolute Gasteiger partial charge is 0.399 e. The minimum atomic E-state index is -0.678. The van der Waals surface area contributed by atoms with Crippen LogP contribution in [0.5, 0.6) is 0 Å². The first-order chi connectivity index (χ1) is 12.8. The van der Waals surface area contributed by atoms with Crippen LogP contribution < -0.4 is 16.0 Å². The number of nitrogen functional groups attached to an aromatic ring is 1. The molecule has 0 saturated heterocycles. The van der Waals surface area contributed by atoms with Gasteiger partial charge in [0, 0.05) is 30.1 Å². The van der Waals surface area contributed by atoms with Gasteiger partial charge in [0.25, 0.3) is 5.91 Å². The van der Waals surface area contributed by atoms with Crippen LogP contribution in [-0.4, -0.2) is 17.6 Å². The minimum Gasteiger partial charge on any atom is -0.399 e. The second-order valence-electron chi connectivity index (χ2n) is 5.73. The maximum Gasteiger partial charge on any atom is 0.267 e. The number of hydrogen-bond donors (Lipinski definition) is 2. The van der Waals surface area contributed by atoms with Gasteiger partial charge in [-0.2, -0.15) is 5.26 Å². The third-order valence-corrected chi connectivity index (χ3v) is 3.66. The number of nitrogens with zero attached hydrogens (tertiary/aromatic N) is 2. The van der Waals surface area contributed by atoms with E-state index in [0.717, 1.165) is 6.20 Å². The van der Waals surface area contributed by atoms with Gasteiger partial charge in [0.05, 0.1) is 5.69 Å². The Morgan fingerprint density at radius 2 is 1.78 bits per heavy atom. The van der Waals surface area contributed by atoms with Gasteiger partial charge in [0.2, 0.25) is 5.91 Å². The molecule has 27 heavy (non-hydrogen) atoms. The molecule has 2 aromatic rings. The smallest absolute Gasteiger partial charge is 0.267 e. The number of nitrogens with one attached hydrogen (secondary N) is 1. The zero-order valence-corrected chi connectivity index (χ0v) is 14.9. The third-order valence-electron chi connectivity index (χ3n) is 3.66. The first-order valence-corrected chi connectivity index (χ1v) is 8.01. The average molecular weight is 362 g/mol. The third kappa shape index (κ3) is 5.03. The van der Waals surface area contributed by atoms with Crippen molar-refractivity contribution in [3.63, 3.8) is 0 Å². The molecular formula is C20H18N4O3. The van der Waals surface area contributed by atoms with Gasteiger partial charge in [0.1, 0.15) is 11.6 Å². The van der Waals surface area contributed by atoms with Crippen molar-refractivity contribution in [1.29, 1.82) is 5.26 Å². The topological polar surface area (TPSA) is 116 Å². The van der Waals surface area contributed by atoms with E-state index in [-0.39, 0.29) is 17.3 Å². The molecule has 0 aliphatic carbocycles. The highest BCUT2D eigenvalue weighted by atomic mass is 16.2. The Balaban J connectivity index is 2.27. The average Bonchev–Trinajstić information content (AvgIpc) is 2.62. The Morgan fingerprint density at radius 1 is 1.11 bits per heavy atom. The van der Waals surface area contributed by atoms with Gasteiger partial charge in [-0.1, -0.05) is 6.07 Å². The van der Waals surface area contributed by atoms with E-state index in [1.54, 1.807) is 54.6 Å². The van der Waals surface area contributed by atoms with Crippen LogP contribution in [0, 0.1) is 11.3 Å². The molecule has 2 amide bonds. The van der Waals surface area contributed by atoms with E-state index in [9.17, 15) is 19.6 Å². The number of Topliss-reactive ketones (excluding diaryl/α,β-unsaturated/α-hetero) is 1. The molecule has 0 unspecified atom stereocenters. The fourth-order valence-corrected chi connectivity index (χ4v) is 2.28. The molecule has 3 N–H and O–H groups in total. The quantitative estimate of drug-likeness (QED) is 0.367. The highest BCUT2D eigenvalue weighted by molar-refractivity contribution is 6.08. The van der Waals surface area contributed by atoms with E-state index in [0.29, 0.717) is 22.6 Å². The van der Waals surface area contributed by atoms with Gasteiger partial charge >= 0.3 is 0 Å². The standard InChI is InChI=1S/C20H18N4O3/c1-13(25)15-6-8-18(9-7-15)23-20(27)16(11-21)12-24(14(2)26)19-5-3-4-17(22)10-19/h3-10,12H,22H2,1-2H3,(H,23,27)/b16-12-. The maximum atomic E-state index is 12.4. The number of anilines is 3. The lowest BCUT2D eigenvalue weighted by Crippen LogP contribution is -2.25. The summed E-state index contributed by atoms with van der Waals surface area (Å²) in [5, 5.41) is 11.9. The summed E-state index contributed by atoms with van der Waals surface area (Å²) in [6.45, 7) is 2.75. The Labute approximate surface area is 156 Å². The number of carbonyl (C=O) groups is 3. The molecule has 7 nitrogen and oxygen atoms in total. The molecule has 2 rings (SSSR count). The number of amides is 2. The van der Waals surface area contributed by atoms with Gasteiger partial charge in [-0.25, -0.2) is 0 Å². The molecule has 0 aromatic heterocycles. The number of hydrogen-bond acceptors (Lipinski definition) is 5. The lowest BCUT2D eigenvalue weighted by molar-refractivity contribution is -0.116. The molecule has 0 atom stereocenters. The molecule has 0 spiro atoms. The molecule has 2 aromatic carbocycles. The number of rotatable bonds is 5. The van der Waals surface area contributed by atoms with E-state index in [1.807, 2.05) is 0 Å². The van der Waals surface area contributed by atoms with E-state index in [2.05, 4.69) is 5.32 Å². The summed E-state index contributed by atoms with van der Waals surface area (Å²) in [6, 6.07) is 14.6. The SMILES string of the molecule is CC(=O)c1ccc(NC(=O)/C(C#N)=C\N(C(C)=O)c2cccc(N)c2)cc1. The van der Waals surface area contributed by atoms with Crippen molar-refractivity contribution in [3.05, 3.63) is 65.9 Å². The summed E-state index contributed by atoms with van der Waals surface area (Å²) in [5.41, 5.74) is 7.28. The van der Waals surface area contributed by atoms with Crippen LogP contribution >= 0.6 is 0 Å². The predicted octanol–water partition coefficient (Wildman–Crippen LogP) is 2.87. The van der Waals surface area contributed by atoms with Gasteiger partial charge in [-0.3, -0.25) is 19.3 Å². The van der Waals surface area contributed by atoms with Crippen LogP contribution in [0.3, 0.4) is 0 Å². The van der Waals surface area contributed by atoms with Crippen LogP contribution in [0.25, 0.3) is 0 Å². The summed E-state index contributed by atoms with van der Waals surface area (Å²) < 4.78 is 0. The van der Waals surface area contributed by atoms with Crippen LogP contribution in [0.1, 0.15) is 24.2 Å². The van der Waals surface area contributed by atoms with Gasteiger partial charge in [0.15, 0.2) is 5.78 Å². The second-order valence-corrected chi connectivity index (χ2v) is 5.73. The number of nitriles is 1. The van der Waals surface area contributed by atoms with E-state index >= 15 is 0 Å². The van der Waals surface area contributed by atoms with E-state index < -0.39 is 5.91 Å². The number of ketones is 1.